The summed E-state index contributed by atoms with van der Waals surface area (Å²) in [5, 5.41) is 4.15. The van der Waals surface area contributed by atoms with Crippen LogP contribution in [0.15, 0.2) is 42.7 Å². The summed E-state index contributed by atoms with van der Waals surface area (Å²) in [4.78, 5) is 8.70. The first-order valence-electron chi connectivity index (χ1n) is 8.68. The molecular formula is C21H20ClN3O3. The van der Waals surface area contributed by atoms with E-state index >= 15 is 0 Å². The topological polar surface area (TPSA) is 65.5 Å². The Morgan fingerprint density at radius 1 is 1.07 bits per heavy atom. The number of terminal acetylenes is 1. The first-order chi connectivity index (χ1) is 13.7. The van der Waals surface area contributed by atoms with Crippen molar-refractivity contribution in [3.05, 3.63) is 48.3 Å². The average Bonchev–Trinajstić information content (AvgIpc) is 2.73. The summed E-state index contributed by atoms with van der Waals surface area (Å²) < 4.78 is 16.4. The van der Waals surface area contributed by atoms with Gasteiger partial charge in [-0.25, -0.2) is 9.97 Å². The standard InChI is InChI=1S/C21H20ClN3O3/c1-3-15-4-7-20(28-11-10-26-2)19(12-15)25-21-17-6-5-16(27-9-8-22)13-18(17)23-14-24-21/h1,4-7,12-14H,8-11H2,2H3,(H,23,24,25). The van der Waals surface area contributed by atoms with Gasteiger partial charge in [-0.3, -0.25) is 0 Å². The maximum Gasteiger partial charge on any atom is 0.142 e. The van der Waals surface area contributed by atoms with E-state index in [2.05, 4.69) is 21.2 Å². The van der Waals surface area contributed by atoms with Crippen molar-refractivity contribution in [1.29, 1.82) is 0 Å². The number of aromatic nitrogens is 2. The molecule has 0 atom stereocenters. The Bertz CT molecular complexity index is 988. The number of fused-ring (bicyclic) bond motifs is 1. The van der Waals surface area contributed by atoms with Gasteiger partial charge in [0.05, 0.1) is 23.7 Å². The second kappa shape index (κ2) is 9.79. The summed E-state index contributed by atoms with van der Waals surface area (Å²) >= 11 is 5.68. The lowest BCUT2D eigenvalue weighted by atomic mass is 10.1. The van der Waals surface area contributed by atoms with Gasteiger partial charge < -0.3 is 19.5 Å². The number of benzene rings is 2. The van der Waals surface area contributed by atoms with Crippen LogP contribution < -0.4 is 14.8 Å². The number of rotatable bonds is 9. The molecule has 0 amide bonds. The first kappa shape index (κ1) is 19.7. The summed E-state index contributed by atoms with van der Waals surface area (Å²) in [5.74, 6) is 5.05. The monoisotopic (exact) mass is 397 g/mol. The summed E-state index contributed by atoms with van der Waals surface area (Å²) in [5.41, 5.74) is 2.20. The normalized spacial score (nSPS) is 10.5. The zero-order chi connectivity index (χ0) is 19.8. The Kier molecular flexibility index (Phi) is 6.90. The molecule has 0 fully saturated rings. The molecule has 1 N–H and O–H groups in total. The maximum atomic E-state index is 5.79. The van der Waals surface area contributed by atoms with E-state index < -0.39 is 0 Å². The minimum Gasteiger partial charge on any atom is -0.492 e. The molecule has 1 aromatic heterocycles. The number of hydrogen-bond acceptors (Lipinski definition) is 6. The molecule has 6 nitrogen and oxygen atoms in total. The Hall–Kier alpha value is -3.01. The average molecular weight is 398 g/mol. The van der Waals surface area contributed by atoms with Gasteiger partial charge in [0.15, 0.2) is 0 Å². The number of methoxy groups -OCH3 is 1. The lowest BCUT2D eigenvalue weighted by Crippen LogP contribution is -2.06. The van der Waals surface area contributed by atoms with Crippen molar-refractivity contribution < 1.29 is 14.2 Å². The molecule has 2 aromatic carbocycles. The molecule has 144 valence electrons. The van der Waals surface area contributed by atoms with Crippen LogP contribution in [0.25, 0.3) is 10.9 Å². The van der Waals surface area contributed by atoms with Crippen molar-refractivity contribution in [2.75, 3.05) is 38.1 Å². The molecular weight excluding hydrogens is 378 g/mol. The second-order valence-corrected chi connectivity index (χ2v) is 6.14. The van der Waals surface area contributed by atoms with Crippen LogP contribution in [0, 0.1) is 12.3 Å². The van der Waals surface area contributed by atoms with Gasteiger partial charge in [0.25, 0.3) is 0 Å². The number of ether oxygens (including phenoxy) is 3. The minimum atomic E-state index is 0.423. The lowest BCUT2D eigenvalue weighted by molar-refractivity contribution is 0.146. The van der Waals surface area contributed by atoms with Crippen molar-refractivity contribution in [2.24, 2.45) is 0 Å². The van der Waals surface area contributed by atoms with E-state index in [0.29, 0.717) is 48.7 Å². The Balaban J connectivity index is 1.92. The van der Waals surface area contributed by atoms with Gasteiger partial charge in [0, 0.05) is 24.1 Å². The molecule has 0 bridgehead atoms. The highest BCUT2D eigenvalue weighted by molar-refractivity contribution is 6.18. The van der Waals surface area contributed by atoms with Crippen molar-refractivity contribution >= 4 is 34.0 Å². The van der Waals surface area contributed by atoms with Crippen molar-refractivity contribution in [2.45, 2.75) is 0 Å². The van der Waals surface area contributed by atoms with E-state index in [1.165, 1.54) is 6.33 Å². The third-order valence-electron chi connectivity index (χ3n) is 3.90. The largest absolute Gasteiger partial charge is 0.492 e. The number of nitrogens with zero attached hydrogens (tertiary/aromatic N) is 2. The molecule has 1 heterocycles. The summed E-state index contributed by atoms with van der Waals surface area (Å²) in [6.07, 6.45) is 7.04. The molecule has 0 aliphatic rings. The quantitative estimate of drug-likeness (QED) is 0.334. The number of alkyl halides is 1. The van der Waals surface area contributed by atoms with E-state index in [4.69, 9.17) is 32.2 Å². The predicted octanol–water partition coefficient (Wildman–Crippen LogP) is 4.00. The molecule has 0 saturated carbocycles. The van der Waals surface area contributed by atoms with Crippen LogP contribution >= 0.6 is 11.6 Å². The van der Waals surface area contributed by atoms with Gasteiger partial charge >= 0.3 is 0 Å². The van der Waals surface area contributed by atoms with Crippen LogP contribution in [0.3, 0.4) is 0 Å². The zero-order valence-corrected chi connectivity index (χ0v) is 16.2. The molecule has 3 rings (SSSR count). The van der Waals surface area contributed by atoms with Crippen LogP contribution in [0.5, 0.6) is 11.5 Å². The number of nitrogens with one attached hydrogen (secondary N) is 1. The molecule has 3 aromatic rings. The van der Waals surface area contributed by atoms with Gasteiger partial charge in [-0.15, -0.1) is 18.0 Å². The van der Waals surface area contributed by atoms with E-state index in [9.17, 15) is 0 Å². The van der Waals surface area contributed by atoms with Crippen LogP contribution in [0.1, 0.15) is 5.56 Å². The highest BCUT2D eigenvalue weighted by Gasteiger charge is 2.10. The molecule has 0 spiro atoms. The van der Waals surface area contributed by atoms with Crippen LogP contribution in [-0.4, -0.2) is 42.8 Å². The van der Waals surface area contributed by atoms with Crippen LogP contribution in [-0.2, 0) is 4.74 Å². The van der Waals surface area contributed by atoms with Gasteiger partial charge in [0.1, 0.15) is 36.9 Å². The van der Waals surface area contributed by atoms with E-state index in [0.717, 1.165) is 16.5 Å². The number of anilines is 2. The second-order valence-electron chi connectivity index (χ2n) is 5.76. The molecule has 0 unspecified atom stereocenters. The zero-order valence-electron chi connectivity index (χ0n) is 15.4. The molecule has 0 aliphatic carbocycles. The predicted molar refractivity (Wildman–Crippen MR) is 111 cm³/mol. The van der Waals surface area contributed by atoms with Gasteiger partial charge in [-0.2, -0.15) is 0 Å². The highest BCUT2D eigenvalue weighted by Crippen LogP contribution is 2.31. The van der Waals surface area contributed by atoms with E-state index in [1.807, 2.05) is 36.4 Å². The third-order valence-corrected chi connectivity index (χ3v) is 4.05. The lowest BCUT2D eigenvalue weighted by Gasteiger charge is -2.14. The van der Waals surface area contributed by atoms with E-state index in [1.54, 1.807) is 7.11 Å². The van der Waals surface area contributed by atoms with Gasteiger partial charge in [-0.1, -0.05) is 5.92 Å². The summed E-state index contributed by atoms with van der Waals surface area (Å²) in [7, 11) is 1.63. The first-order valence-corrected chi connectivity index (χ1v) is 9.21. The summed E-state index contributed by atoms with van der Waals surface area (Å²) in [6.45, 7) is 1.34. The fraction of sp³-hybridized carbons (Fsp3) is 0.238. The molecule has 28 heavy (non-hydrogen) atoms. The smallest absolute Gasteiger partial charge is 0.142 e. The molecule has 0 radical (unpaired) electrons. The highest BCUT2D eigenvalue weighted by atomic mass is 35.5. The Morgan fingerprint density at radius 3 is 2.75 bits per heavy atom. The van der Waals surface area contributed by atoms with Gasteiger partial charge in [0.2, 0.25) is 0 Å². The third kappa shape index (κ3) is 4.83. The molecule has 0 aliphatic heterocycles. The fourth-order valence-corrected chi connectivity index (χ4v) is 2.67. The number of hydrogen-bond donors (Lipinski definition) is 1. The minimum absolute atomic E-state index is 0.423. The van der Waals surface area contributed by atoms with Crippen molar-refractivity contribution in [3.8, 4) is 23.8 Å². The molecule has 0 saturated heterocycles. The Morgan fingerprint density at radius 2 is 1.96 bits per heavy atom. The van der Waals surface area contributed by atoms with Gasteiger partial charge in [-0.05, 0) is 30.3 Å². The van der Waals surface area contributed by atoms with Crippen LogP contribution in [0.4, 0.5) is 11.5 Å². The Labute approximate surface area is 168 Å². The fourth-order valence-electron chi connectivity index (χ4n) is 2.59. The molecule has 7 heteroatoms. The summed E-state index contributed by atoms with van der Waals surface area (Å²) in [6, 6.07) is 11.1. The maximum absolute atomic E-state index is 5.79. The van der Waals surface area contributed by atoms with Crippen molar-refractivity contribution in [3.63, 3.8) is 0 Å². The van der Waals surface area contributed by atoms with Crippen LogP contribution in [0.2, 0.25) is 0 Å². The number of halogens is 1. The SMILES string of the molecule is C#Cc1ccc(OCCOC)c(Nc2ncnc3cc(OCCCl)ccc23)c1. The van der Waals surface area contributed by atoms with E-state index in [-0.39, 0.29) is 0 Å². The van der Waals surface area contributed by atoms with Crippen molar-refractivity contribution in [1.82, 2.24) is 9.97 Å².